The molecule has 0 aromatic heterocycles. The lowest BCUT2D eigenvalue weighted by Crippen LogP contribution is -2.30. The molecule has 63 heavy (non-hydrogen) atoms. The van der Waals surface area contributed by atoms with Crippen LogP contribution in [0.4, 0.5) is 0 Å². The summed E-state index contributed by atoms with van der Waals surface area (Å²) in [5.74, 6) is -0.982. The van der Waals surface area contributed by atoms with Crippen LogP contribution in [0.1, 0.15) is 226 Å². The molecule has 358 valence electrons. The van der Waals surface area contributed by atoms with Gasteiger partial charge in [-0.3, -0.25) is 14.4 Å². The van der Waals surface area contributed by atoms with Gasteiger partial charge in [-0.05, 0) is 122 Å². The molecule has 0 saturated heterocycles. The summed E-state index contributed by atoms with van der Waals surface area (Å²) < 4.78 is 16.7. The van der Waals surface area contributed by atoms with Gasteiger partial charge in [-0.15, -0.1) is 0 Å². The van der Waals surface area contributed by atoms with E-state index >= 15 is 0 Å². The second kappa shape index (κ2) is 51.0. The van der Waals surface area contributed by atoms with Crippen LogP contribution in [0.15, 0.2) is 97.2 Å². The zero-order valence-corrected chi connectivity index (χ0v) is 40.8. The number of carbonyl (C=O) groups excluding carboxylic acids is 3. The molecule has 0 unspecified atom stereocenters. The number of ether oxygens (including phenoxy) is 3. The van der Waals surface area contributed by atoms with Crippen molar-refractivity contribution in [2.24, 2.45) is 0 Å². The molecule has 0 fully saturated rings. The van der Waals surface area contributed by atoms with Gasteiger partial charge in [0.2, 0.25) is 0 Å². The van der Waals surface area contributed by atoms with E-state index in [1.165, 1.54) is 64.2 Å². The van der Waals surface area contributed by atoms with Crippen LogP contribution in [0.2, 0.25) is 0 Å². The lowest BCUT2D eigenvalue weighted by Gasteiger charge is -2.18. The van der Waals surface area contributed by atoms with Crippen molar-refractivity contribution in [3.05, 3.63) is 97.2 Å². The van der Waals surface area contributed by atoms with Gasteiger partial charge in [0.05, 0.1) is 0 Å². The Labute approximate surface area is 387 Å². The highest BCUT2D eigenvalue weighted by atomic mass is 16.6. The molecule has 0 aliphatic rings. The molecule has 6 heteroatoms. The van der Waals surface area contributed by atoms with E-state index < -0.39 is 6.10 Å². The van der Waals surface area contributed by atoms with Crippen LogP contribution >= 0.6 is 0 Å². The summed E-state index contributed by atoms with van der Waals surface area (Å²) in [6, 6.07) is 0. The van der Waals surface area contributed by atoms with Crippen molar-refractivity contribution in [2.45, 2.75) is 232 Å². The van der Waals surface area contributed by atoms with Crippen LogP contribution in [0.3, 0.4) is 0 Å². The van der Waals surface area contributed by atoms with Gasteiger partial charge in [0.25, 0.3) is 0 Å². The van der Waals surface area contributed by atoms with E-state index in [9.17, 15) is 14.4 Å². The van der Waals surface area contributed by atoms with Crippen LogP contribution in [0.5, 0.6) is 0 Å². The smallest absolute Gasteiger partial charge is 0.306 e. The highest BCUT2D eigenvalue weighted by Gasteiger charge is 2.19. The summed E-state index contributed by atoms with van der Waals surface area (Å²) in [4.78, 5) is 38.0. The Morgan fingerprint density at radius 2 is 0.619 bits per heavy atom. The standard InChI is InChI=1S/C57H94O6/c1-4-7-10-13-16-19-22-25-27-28-30-32-35-38-41-44-47-50-56(59)62-53-54(52-61-55(58)49-46-43-40-37-34-31-24-21-18-15-12-9-6-3)63-57(60)51-48-45-42-39-36-33-29-26-23-20-17-14-11-8-5-2/h7,10,16-17,19-21,24-27,29-30,32,36,39,54H,4-6,8-9,11-15,18,22-23,28,31,33-35,37-38,40-53H2,1-3H3/b10-7-,19-16-,20-17-,24-21-,27-25-,29-26-,32-30-,39-36-/t54-/m0/s1. The van der Waals surface area contributed by atoms with E-state index in [0.717, 1.165) is 116 Å². The van der Waals surface area contributed by atoms with Gasteiger partial charge in [0.15, 0.2) is 6.10 Å². The van der Waals surface area contributed by atoms with E-state index in [0.29, 0.717) is 19.3 Å². The molecular weight excluding hydrogens is 781 g/mol. The Balaban J connectivity index is 4.51. The van der Waals surface area contributed by atoms with Gasteiger partial charge in [-0.2, -0.15) is 0 Å². The Kier molecular flexibility index (Phi) is 48.0. The fraction of sp³-hybridized carbons (Fsp3) is 0.667. The maximum Gasteiger partial charge on any atom is 0.306 e. The first-order valence-corrected chi connectivity index (χ1v) is 25.7. The van der Waals surface area contributed by atoms with Crippen LogP contribution < -0.4 is 0 Å². The average Bonchev–Trinajstić information content (AvgIpc) is 3.28. The number of hydrogen-bond donors (Lipinski definition) is 0. The van der Waals surface area contributed by atoms with Crippen LogP contribution in [-0.2, 0) is 28.6 Å². The molecular formula is C57H94O6. The van der Waals surface area contributed by atoms with Crippen LogP contribution in [0.25, 0.3) is 0 Å². The van der Waals surface area contributed by atoms with Crippen LogP contribution in [0, 0.1) is 0 Å². The molecule has 0 spiro atoms. The summed E-state index contributed by atoms with van der Waals surface area (Å²) in [7, 11) is 0. The molecule has 0 aliphatic carbocycles. The Morgan fingerprint density at radius 3 is 1.05 bits per heavy atom. The second-order valence-corrected chi connectivity index (χ2v) is 16.7. The van der Waals surface area contributed by atoms with Crippen LogP contribution in [-0.4, -0.2) is 37.2 Å². The third-order valence-electron chi connectivity index (χ3n) is 10.5. The normalized spacial score (nSPS) is 12.9. The van der Waals surface area contributed by atoms with E-state index in [4.69, 9.17) is 14.2 Å². The quantitative estimate of drug-likeness (QED) is 0.0262. The fourth-order valence-corrected chi connectivity index (χ4v) is 6.67. The highest BCUT2D eigenvalue weighted by Crippen LogP contribution is 2.12. The molecule has 0 bridgehead atoms. The van der Waals surface area contributed by atoms with Gasteiger partial charge < -0.3 is 14.2 Å². The van der Waals surface area contributed by atoms with Crippen molar-refractivity contribution in [3.63, 3.8) is 0 Å². The maximum atomic E-state index is 12.8. The molecule has 0 rings (SSSR count). The number of carbonyl (C=O) groups is 3. The van der Waals surface area contributed by atoms with Crippen molar-refractivity contribution in [3.8, 4) is 0 Å². The van der Waals surface area contributed by atoms with E-state index in [2.05, 4.69) is 118 Å². The minimum Gasteiger partial charge on any atom is -0.462 e. The minimum absolute atomic E-state index is 0.106. The number of allylic oxidation sites excluding steroid dienone is 16. The Hall–Kier alpha value is -3.67. The number of hydrogen-bond acceptors (Lipinski definition) is 6. The van der Waals surface area contributed by atoms with E-state index in [1.54, 1.807) is 0 Å². The van der Waals surface area contributed by atoms with Gasteiger partial charge >= 0.3 is 17.9 Å². The molecule has 0 aromatic rings. The van der Waals surface area contributed by atoms with Crippen molar-refractivity contribution < 1.29 is 28.6 Å². The third-order valence-corrected chi connectivity index (χ3v) is 10.5. The summed E-state index contributed by atoms with van der Waals surface area (Å²) in [6.45, 7) is 6.41. The minimum atomic E-state index is -0.811. The summed E-state index contributed by atoms with van der Waals surface area (Å²) in [5, 5.41) is 0. The Morgan fingerprint density at radius 1 is 0.333 bits per heavy atom. The van der Waals surface area contributed by atoms with E-state index in [1.807, 2.05) is 0 Å². The fourth-order valence-electron chi connectivity index (χ4n) is 6.67. The third kappa shape index (κ3) is 49.2. The van der Waals surface area contributed by atoms with Gasteiger partial charge in [-0.25, -0.2) is 0 Å². The second-order valence-electron chi connectivity index (χ2n) is 16.7. The SMILES string of the molecule is CC/C=C\C/C=C\C/C=C\C/C=C\CCCCCCC(=O)OC[C@H](COC(=O)CCCCCCC/C=C\CCCCCC)OC(=O)CCCC/C=C\C/C=C\C/C=C\CCCCC. The van der Waals surface area contributed by atoms with Crippen molar-refractivity contribution in [2.75, 3.05) is 13.2 Å². The predicted molar refractivity (Wildman–Crippen MR) is 270 cm³/mol. The maximum absolute atomic E-state index is 12.8. The first-order chi connectivity index (χ1) is 31.0. The number of unbranched alkanes of at least 4 members (excludes halogenated alkanes) is 18. The zero-order chi connectivity index (χ0) is 45.8. The van der Waals surface area contributed by atoms with Crippen molar-refractivity contribution in [1.82, 2.24) is 0 Å². The first kappa shape index (κ1) is 59.3. The van der Waals surface area contributed by atoms with Gasteiger partial charge in [-0.1, -0.05) is 182 Å². The molecule has 0 radical (unpaired) electrons. The lowest BCUT2D eigenvalue weighted by molar-refractivity contribution is -0.167. The van der Waals surface area contributed by atoms with Crippen molar-refractivity contribution in [1.29, 1.82) is 0 Å². The van der Waals surface area contributed by atoms with Gasteiger partial charge in [0, 0.05) is 19.3 Å². The highest BCUT2D eigenvalue weighted by molar-refractivity contribution is 5.71. The summed E-state index contributed by atoms with van der Waals surface area (Å²) in [6.07, 6.45) is 66.7. The zero-order valence-electron chi connectivity index (χ0n) is 40.8. The average molecular weight is 875 g/mol. The molecule has 0 heterocycles. The summed E-state index contributed by atoms with van der Waals surface area (Å²) in [5.41, 5.74) is 0. The lowest BCUT2D eigenvalue weighted by atomic mass is 10.1. The van der Waals surface area contributed by atoms with Gasteiger partial charge in [0.1, 0.15) is 13.2 Å². The van der Waals surface area contributed by atoms with Crippen molar-refractivity contribution >= 4 is 17.9 Å². The Bertz CT molecular complexity index is 1280. The molecule has 6 nitrogen and oxygen atoms in total. The molecule has 0 amide bonds. The predicted octanol–water partition coefficient (Wildman–Crippen LogP) is 17.0. The molecule has 0 saturated carbocycles. The van der Waals surface area contributed by atoms with E-state index in [-0.39, 0.29) is 37.5 Å². The molecule has 0 aromatic carbocycles. The number of rotatable bonds is 45. The monoisotopic (exact) mass is 875 g/mol. The molecule has 0 aliphatic heterocycles. The summed E-state index contributed by atoms with van der Waals surface area (Å²) >= 11 is 0. The molecule has 1 atom stereocenters. The first-order valence-electron chi connectivity index (χ1n) is 25.7. The topological polar surface area (TPSA) is 78.9 Å². The largest absolute Gasteiger partial charge is 0.462 e. The molecule has 0 N–H and O–H groups in total. The number of esters is 3.